The van der Waals surface area contributed by atoms with Gasteiger partial charge in [-0.3, -0.25) is 5.43 Å². The van der Waals surface area contributed by atoms with Crippen LogP contribution in [0.5, 0.6) is 0 Å². The van der Waals surface area contributed by atoms with Gasteiger partial charge in [0.1, 0.15) is 0 Å². The van der Waals surface area contributed by atoms with Gasteiger partial charge >= 0.3 is 0 Å². The van der Waals surface area contributed by atoms with Crippen molar-refractivity contribution >= 4 is 23.6 Å². The van der Waals surface area contributed by atoms with Gasteiger partial charge in [-0.25, -0.2) is 0 Å². The standard InChI is InChI=1S/C17H19N3O3/c1-20(10-11-21)16-8-2-13(3-9-16)12-18-19-15-6-4-14(5-7-15)17(22)23/h2-9,12,19,21H,10-11H2,1H3,(H,22,23)/p-1/b18-12-. The topological polar surface area (TPSA) is 88.0 Å². The van der Waals surface area contributed by atoms with Crippen LogP contribution >= 0.6 is 0 Å². The molecule has 0 saturated carbocycles. The van der Waals surface area contributed by atoms with E-state index in [0.717, 1.165) is 11.3 Å². The van der Waals surface area contributed by atoms with Gasteiger partial charge in [-0.15, -0.1) is 0 Å². The van der Waals surface area contributed by atoms with Crippen molar-refractivity contribution in [3.05, 3.63) is 59.7 Å². The summed E-state index contributed by atoms with van der Waals surface area (Å²) in [5.74, 6) is -1.20. The second kappa shape index (κ2) is 7.95. The van der Waals surface area contributed by atoms with Crippen molar-refractivity contribution in [2.45, 2.75) is 0 Å². The summed E-state index contributed by atoms with van der Waals surface area (Å²) in [6.45, 7) is 0.692. The molecule has 0 heterocycles. The molecular formula is C17H18N3O3-. The molecule has 2 N–H and O–H groups in total. The SMILES string of the molecule is CN(CCO)c1ccc(/C=N\Nc2ccc(C(=O)[O-])cc2)cc1. The number of aliphatic hydroxyl groups is 1. The van der Waals surface area contributed by atoms with Gasteiger partial charge in [0.2, 0.25) is 0 Å². The summed E-state index contributed by atoms with van der Waals surface area (Å²) in [5, 5.41) is 23.7. The van der Waals surface area contributed by atoms with Crippen molar-refractivity contribution in [3.8, 4) is 0 Å². The summed E-state index contributed by atoms with van der Waals surface area (Å²) in [6.07, 6.45) is 1.67. The Labute approximate surface area is 134 Å². The maximum Gasteiger partial charge on any atom is 0.0715 e. The van der Waals surface area contributed by atoms with Gasteiger partial charge in [-0.1, -0.05) is 24.3 Å². The van der Waals surface area contributed by atoms with Crippen LogP contribution in [0.1, 0.15) is 15.9 Å². The molecule has 2 aromatic rings. The van der Waals surface area contributed by atoms with Gasteiger partial charge in [-0.2, -0.15) is 5.10 Å². The number of likely N-dealkylation sites (N-methyl/N-ethyl adjacent to an activating group) is 1. The van der Waals surface area contributed by atoms with E-state index in [1.165, 1.54) is 12.1 Å². The lowest BCUT2D eigenvalue weighted by molar-refractivity contribution is -0.255. The van der Waals surface area contributed by atoms with Crippen LogP contribution in [0.3, 0.4) is 0 Å². The molecule has 2 rings (SSSR count). The number of aromatic carboxylic acids is 1. The number of hydrazone groups is 1. The molecule has 6 heteroatoms. The number of benzene rings is 2. The number of aliphatic hydroxyl groups excluding tert-OH is 1. The minimum Gasteiger partial charge on any atom is -0.545 e. The van der Waals surface area contributed by atoms with E-state index in [4.69, 9.17) is 5.11 Å². The molecule has 0 aliphatic carbocycles. The predicted octanol–water partition coefficient (Wildman–Crippen LogP) is 0.925. The Morgan fingerprint density at radius 3 is 2.43 bits per heavy atom. The first-order valence-corrected chi connectivity index (χ1v) is 7.12. The number of nitrogens with zero attached hydrogens (tertiary/aromatic N) is 2. The van der Waals surface area contributed by atoms with Gasteiger partial charge in [0.25, 0.3) is 0 Å². The van der Waals surface area contributed by atoms with Crippen LogP contribution in [0, 0.1) is 0 Å². The molecule has 0 fully saturated rings. The van der Waals surface area contributed by atoms with Crippen LogP contribution in [0.4, 0.5) is 11.4 Å². The summed E-state index contributed by atoms with van der Waals surface area (Å²) in [6, 6.07) is 13.9. The van der Waals surface area contributed by atoms with Crippen molar-refractivity contribution in [3.63, 3.8) is 0 Å². The van der Waals surface area contributed by atoms with Gasteiger partial charge in [0.15, 0.2) is 0 Å². The van der Waals surface area contributed by atoms with E-state index >= 15 is 0 Å². The highest BCUT2D eigenvalue weighted by molar-refractivity contribution is 5.86. The Balaban J connectivity index is 1.93. The minimum absolute atomic E-state index is 0.111. The monoisotopic (exact) mass is 312 g/mol. The lowest BCUT2D eigenvalue weighted by atomic mass is 10.2. The molecule has 0 amide bonds. The summed E-state index contributed by atoms with van der Waals surface area (Å²) >= 11 is 0. The summed E-state index contributed by atoms with van der Waals surface area (Å²) in [7, 11) is 1.91. The minimum atomic E-state index is -1.20. The molecule has 0 bridgehead atoms. The van der Waals surface area contributed by atoms with E-state index in [1.807, 2.05) is 36.2 Å². The van der Waals surface area contributed by atoms with Crippen molar-refractivity contribution in [2.24, 2.45) is 5.10 Å². The van der Waals surface area contributed by atoms with E-state index in [2.05, 4.69) is 10.5 Å². The van der Waals surface area contributed by atoms with Crippen LogP contribution in [0.15, 0.2) is 53.6 Å². The number of carbonyl (C=O) groups excluding carboxylic acids is 1. The highest BCUT2D eigenvalue weighted by Crippen LogP contribution is 2.13. The van der Waals surface area contributed by atoms with E-state index < -0.39 is 5.97 Å². The molecule has 23 heavy (non-hydrogen) atoms. The lowest BCUT2D eigenvalue weighted by Gasteiger charge is -2.17. The first-order valence-electron chi connectivity index (χ1n) is 7.12. The number of anilines is 2. The zero-order valence-corrected chi connectivity index (χ0v) is 12.8. The zero-order chi connectivity index (χ0) is 16.7. The summed E-state index contributed by atoms with van der Waals surface area (Å²) in [5.41, 5.74) is 5.58. The van der Waals surface area contributed by atoms with Crippen molar-refractivity contribution in [2.75, 3.05) is 30.5 Å². The van der Waals surface area contributed by atoms with Crippen molar-refractivity contribution in [1.29, 1.82) is 0 Å². The number of hydrogen-bond donors (Lipinski definition) is 2. The molecule has 0 radical (unpaired) electrons. The molecule has 0 spiro atoms. The van der Waals surface area contributed by atoms with Crippen molar-refractivity contribution in [1.82, 2.24) is 0 Å². The second-order valence-electron chi connectivity index (χ2n) is 4.97. The Hall–Kier alpha value is -2.86. The molecule has 120 valence electrons. The maximum atomic E-state index is 10.6. The highest BCUT2D eigenvalue weighted by Gasteiger charge is 1.99. The van der Waals surface area contributed by atoms with Gasteiger partial charge < -0.3 is 19.9 Å². The normalized spacial score (nSPS) is 10.7. The maximum absolute atomic E-state index is 10.6. The number of carboxylic acids is 1. The van der Waals surface area contributed by atoms with Crippen LogP contribution < -0.4 is 15.4 Å². The van der Waals surface area contributed by atoms with Crippen LogP contribution in [-0.2, 0) is 0 Å². The lowest BCUT2D eigenvalue weighted by Crippen LogP contribution is -2.21. The van der Waals surface area contributed by atoms with Crippen LogP contribution in [-0.4, -0.2) is 37.5 Å². The molecule has 0 aromatic heterocycles. The van der Waals surface area contributed by atoms with Crippen LogP contribution in [0.2, 0.25) is 0 Å². The second-order valence-corrected chi connectivity index (χ2v) is 4.97. The number of nitrogens with one attached hydrogen (secondary N) is 1. The molecule has 2 aromatic carbocycles. The Bertz CT molecular complexity index is 666. The van der Waals surface area contributed by atoms with E-state index in [9.17, 15) is 9.90 Å². The number of rotatable bonds is 7. The number of carboxylic acid groups (broad SMARTS) is 1. The predicted molar refractivity (Wildman–Crippen MR) is 88.8 cm³/mol. The third kappa shape index (κ3) is 4.82. The van der Waals surface area contributed by atoms with E-state index in [1.54, 1.807) is 18.3 Å². The number of hydrogen-bond acceptors (Lipinski definition) is 6. The third-order valence-corrected chi connectivity index (χ3v) is 3.30. The fraction of sp³-hybridized carbons (Fsp3) is 0.176. The van der Waals surface area contributed by atoms with Gasteiger partial charge in [0, 0.05) is 19.3 Å². The van der Waals surface area contributed by atoms with E-state index in [-0.39, 0.29) is 12.2 Å². The molecule has 0 unspecified atom stereocenters. The molecular weight excluding hydrogens is 294 g/mol. The molecule has 0 aliphatic rings. The highest BCUT2D eigenvalue weighted by atomic mass is 16.4. The average molecular weight is 312 g/mol. The zero-order valence-electron chi connectivity index (χ0n) is 12.8. The van der Waals surface area contributed by atoms with Gasteiger partial charge in [0.05, 0.1) is 24.5 Å². The average Bonchev–Trinajstić information content (AvgIpc) is 2.56. The Morgan fingerprint density at radius 1 is 1.22 bits per heavy atom. The number of carbonyl (C=O) groups is 1. The van der Waals surface area contributed by atoms with Gasteiger partial charge in [-0.05, 0) is 35.4 Å². The Kier molecular flexibility index (Phi) is 5.71. The smallest absolute Gasteiger partial charge is 0.0715 e. The quantitative estimate of drug-likeness (QED) is 0.586. The van der Waals surface area contributed by atoms with Crippen LogP contribution in [0.25, 0.3) is 0 Å². The van der Waals surface area contributed by atoms with Crippen molar-refractivity contribution < 1.29 is 15.0 Å². The summed E-state index contributed by atoms with van der Waals surface area (Å²) < 4.78 is 0. The molecule has 0 saturated heterocycles. The fourth-order valence-electron chi connectivity index (χ4n) is 1.96. The summed E-state index contributed by atoms with van der Waals surface area (Å²) in [4.78, 5) is 12.6. The fourth-order valence-corrected chi connectivity index (χ4v) is 1.96. The van der Waals surface area contributed by atoms with E-state index in [0.29, 0.717) is 12.2 Å². The third-order valence-electron chi connectivity index (χ3n) is 3.30. The molecule has 6 nitrogen and oxygen atoms in total. The molecule has 0 aliphatic heterocycles. The molecule has 0 atom stereocenters. The Morgan fingerprint density at radius 2 is 1.87 bits per heavy atom. The first kappa shape index (κ1) is 16.5. The largest absolute Gasteiger partial charge is 0.545 e. The first-order chi connectivity index (χ1) is 11.1.